The van der Waals surface area contributed by atoms with Crippen molar-refractivity contribution in [3.63, 3.8) is 0 Å². The van der Waals surface area contributed by atoms with Gasteiger partial charge in [0.1, 0.15) is 11.9 Å². The van der Waals surface area contributed by atoms with Crippen molar-refractivity contribution in [2.75, 3.05) is 6.61 Å². The number of ether oxygens (including phenoxy) is 1. The molecule has 0 aromatic heterocycles. The molecule has 92 valence electrons. The Morgan fingerprint density at radius 3 is 2.94 bits per heavy atom. The molecule has 2 nitrogen and oxygen atoms in total. The van der Waals surface area contributed by atoms with Gasteiger partial charge in [0.15, 0.2) is 5.78 Å². The third-order valence-corrected chi connectivity index (χ3v) is 3.32. The lowest BCUT2D eigenvalue weighted by atomic mass is 9.96. The molecule has 0 N–H and O–H groups in total. The summed E-state index contributed by atoms with van der Waals surface area (Å²) in [5, 5.41) is 0.337. The van der Waals surface area contributed by atoms with E-state index in [-0.39, 0.29) is 24.2 Å². The van der Waals surface area contributed by atoms with Gasteiger partial charge in [0.05, 0.1) is 0 Å². The van der Waals surface area contributed by atoms with Gasteiger partial charge in [-0.1, -0.05) is 24.6 Å². The Kier molecular flexibility index (Phi) is 3.79. The Hall–Kier alpha value is -0.930. The molecular weight excluding hydrogens is 243 g/mol. The maximum absolute atomic E-state index is 13.5. The number of ketones is 1. The van der Waals surface area contributed by atoms with E-state index in [9.17, 15) is 9.18 Å². The normalized spacial score (nSPS) is 23.9. The number of halogens is 2. The lowest BCUT2D eigenvalue weighted by Gasteiger charge is -2.13. The van der Waals surface area contributed by atoms with Gasteiger partial charge >= 0.3 is 0 Å². The van der Waals surface area contributed by atoms with Crippen LogP contribution >= 0.6 is 11.6 Å². The molecule has 1 aliphatic heterocycles. The highest BCUT2D eigenvalue weighted by molar-refractivity contribution is 6.30. The Morgan fingerprint density at radius 2 is 2.35 bits per heavy atom. The Balaban J connectivity index is 2.07. The summed E-state index contributed by atoms with van der Waals surface area (Å²) in [6.45, 7) is 2.59. The predicted octanol–water partition coefficient (Wildman–Crippen LogP) is 3.02. The van der Waals surface area contributed by atoms with Crippen molar-refractivity contribution in [2.24, 2.45) is 5.92 Å². The number of carbonyl (C=O) groups excluding carboxylic acids is 1. The van der Waals surface area contributed by atoms with Gasteiger partial charge in [-0.3, -0.25) is 4.79 Å². The van der Waals surface area contributed by atoms with E-state index in [0.29, 0.717) is 17.2 Å². The molecule has 1 aromatic rings. The summed E-state index contributed by atoms with van der Waals surface area (Å²) in [5.41, 5.74) is 0.377. The van der Waals surface area contributed by atoms with Crippen LogP contribution in [0.3, 0.4) is 0 Å². The van der Waals surface area contributed by atoms with Crippen molar-refractivity contribution >= 4 is 17.4 Å². The maximum atomic E-state index is 13.5. The molecule has 0 bridgehead atoms. The molecule has 2 rings (SSSR count). The summed E-state index contributed by atoms with van der Waals surface area (Å²) in [6, 6.07) is 4.37. The van der Waals surface area contributed by atoms with Gasteiger partial charge in [-0.2, -0.15) is 0 Å². The molecule has 4 heteroatoms. The first-order valence-electron chi connectivity index (χ1n) is 5.66. The predicted molar refractivity (Wildman–Crippen MR) is 63.6 cm³/mol. The average molecular weight is 257 g/mol. The SMILES string of the molecule is CC1CCOC1C(=O)Cc1ccc(Cl)cc1F. The van der Waals surface area contributed by atoms with E-state index in [1.54, 1.807) is 12.1 Å². The topological polar surface area (TPSA) is 26.3 Å². The number of hydrogen-bond donors (Lipinski definition) is 0. The Bertz CT molecular complexity index is 433. The molecular formula is C13H14ClFO2. The second-order valence-electron chi connectivity index (χ2n) is 4.44. The smallest absolute Gasteiger partial charge is 0.166 e. The maximum Gasteiger partial charge on any atom is 0.166 e. The van der Waals surface area contributed by atoms with Crippen molar-refractivity contribution < 1.29 is 13.9 Å². The first kappa shape index (κ1) is 12.5. The van der Waals surface area contributed by atoms with Crippen LogP contribution in [-0.4, -0.2) is 18.5 Å². The van der Waals surface area contributed by atoms with Crippen LogP contribution in [0.5, 0.6) is 0 Å². The molecule has 0 radical (unpaired) electrons. The van der Waals surface area contributed by atoms with E-state index in [0.717, 1.165) is 6.42 Å². The molecule has 0 spiro atoms. The third kappa shape index (κ3) is 2.85. The quantitative estimate of drug-likeness (QED) is 0.831. The largest absolute Gasteiger partial charge is 0.370 e. The van der Waals surface area contributed by atoms with E-state index in [1.807, 2.05) is 6.92 Å². The molecule has 2 unspecified atom stereocenters. The fourth-order valence-electron chi connectivity index (χ4n) is 2.06. The van der Waals surface area contributed by atoms with Crippen LogP contribution in [0.2, 0.25) is 5.02 Å². The zero-order valence-corrected chi connectivity index (χ0v) is 10.3. The fraction of sp³-hybridized carbons (Fsp3) is 0.462. The van der Waals surface area contributed by atoms with Crippen LogP contribution in [0.4, 0.5) is 4.39 Å². The van der Waals surface area contributed by atoms with Crippen molar-refractivity contribution in [3.05, 3.63) is 34.6 Å². The van der Waals surface area contributed by atoms with E-state index >= 15 is 0 Å². The van der Waals surface area contributed by atoms with Crippen LogP contribution in [-0.2, 0) is 16.0 Å². The highest BCUT2D eigenvalue weighted by Crippen LogP contribution is 2.23. The van der Waals surface area contributed by atoms with E-state index in [2.05, 4.69) is 0 Å². The van der Waals surface area contributed by atoms with Crippen LogP contribution in [0.15, 0.2) is 18.2 Å². The summed E-state index contributed by atoms with van der Waals surface area (Å²) in [4.78, 5) is 11.9. The molecule has 17 heavy (non-hydrogen) atoms. The molecule has 1 aromatic carbocycles. The molecule has 0 saturated carbocycles. The summed E-state index contributed by atoms with van der Waals surface area (Å²) in [7, 11) is 0. The lowest BCUT2D eigenvalue weighted by Crippen LogP contribution is -2.27. The van der Waals surface area contributed by atoms with Crippen molar-refractivity contribution in [1.82, 2.24) is 0 Å². The average Bonchev–Trinajstić information content (AvgIpc) is 2.68. The first-order chi connectivity index (χ1) is 8.08. The second-order valence-corrected chi connectivity index (χ2v) is 4.87. The highest BCUT2D eigenvalue weighted by atomic mass is 35.5. The number of hydrogen-bond acceptors (Lipinski definition) is 2. The minimum atomic E-state index is -0.434. The van der Waals surface area contributed by atoms with E-state index in [1.165, 1.54) is 6.07 Å². The van der Waals surface area contributed by atoms with Crippen LogP contribution < -0.4 is 0 Å². The van der Waals surface area contributed by atoms with Crippen LogP contribution in [0.1, 0.15) is 18.9 Å². The van der Waals surface area contributed by atoms with Gasteiger partial charge in [0.2, 0.25) is 0 Å². The van der Waals surface area contributed by atoms with Gasteiger partial charge in [-0.25, -0.2) is 4.39 Å². The van der Waals surface area contributed by atoms with Gasteiger partial charge in [-0.05, 0) is 30.0 Å². The van der Waals surface area contributed by atoms with Crippen molar-refractivity contribution in [3.8, 4) is 0 Å². The molecule has 1 heterocycles. The van der Waals surface area contributed by atoms with E-state index < -0.39 is 5.82 Å². The number of benzene rings is 1. The summed E-state index contributed by atoms with van der Waals surface area (Å²) in [5.74, 6) is -0.273. The Labute approximate surface area is 105 Å². The number of rotatable bonds is 3. The van der Waals surface area contributed by atoms with Crippen LogP contribution in [0.25, 0.3) is 0 Å². The third-order valence-electron chi connectivity index (χ3n) is 3.08. The van der Waals surface area contributed by atoms with Crippen molar-refractivity contribution in [1.29, 1.82) is 0 Å². The minimum Gasteiger partial charge on any atom is -0.370 e. The fourth-order valence-corrected chi connectivity index (χ4v) is 2.22. The minimum absolute atomic E-state index is 0.0591. The van der Waals surface area contributed by atoms with Gasteiger partial charge < -0.3 is 4.74 Å². The van der Waals surface area contributed by atoms with Gasteiger partial charge in [0.25, 0.3) is 0 Å². The standard InChI is InChI=1S/C13H14ClFO2/c1-8-4-5-17-13(8)12(16)6-9-2-3-10(14)7-11(9)15/h2-3,7-8,13H,4-6H2,1H3. The van der Waals surface area contributed by atoms with Crippen LogP contribution in [0, 0.1) is 11.7 Å². The highest BCUT2D eigenvalue weighted by Gasteiger charge is 2.30. The summed E-state index contributed by atoms with van der Waals surface area (Å²) in [6.07, 6.45) is 0.572. The molecule has 2 atom stereocenters. The monoisotopic (exact) mass is 256 g/mol. The number of Topliss-reactive ketones (excluding diaryl/α,β-unsaturated/α-hetero) is 1. The zero-order valence-electron chi connectivity index (χ0n) is 9.58. The first-order valence-corrected chi connectivity index (χ1v) is 6.04. The summed E-state index contributed by atoms with van der Waals surface area (Å²) < 4.78 is 18.9. The molecule has 1 saturated heterocycles. The lowest BCUT2D eigenvalue weighted by molar-refractivity contribution is -0.128. The molecule has 1 fully saturated rings. The zero-order chi connectivity index (χ0) is 12.4. The molecule has 1 aliphatic rings. The Morgan fingerprint density at radius 1 is 1.59 bits per heavy atom. The van der Waals surface area contributed by atoms with Crippen molar-refractivity contribution in [2.45, 2.75) is 25.9 Å². The van der Waals surface area contributed by atoms with E-state index in [4.69, 9.17) is 16.3 Å². The molecule has 0 aliphatic carbocycles. The molecule has 0 amide bonds. The van der Waals surface area contributed by atoms with Gasteiger partial charge in [0, 0.05) is 18.1 Å². The number of carbonyl (C=O) groups is 1. The second kappa shape index (κ2) is 5.15. The summed E-state index contributed by atoms with van der Waals surface area (Å²) >= 11 is 5.65. The van der Waals surface area contributed by atoms with Gasteiger partial charge in [-0.15, -0.1) is 0 Å².